The van der Waals surface area contributed by atoms with E-state index in [1.54, 1.807) is 12.1 Å². The number of carbonyl (C=O) groups is 5. The lowest BCUT2D eigenvalue weighted by molar-refractivity contribution is -0.191. The molecule has 0 aromatic heterocycles. The number of nitrogens with one attached hydrogen (secondary N) is 3. The zero-order valence-electron chi connectivity index (χ0n) is 20.1. The van der Waals surface area contributed by atoms with Crippen molar-refractivity contribution in [2.75, 3.05) is 6.61 Å². The van der Waals surface area contributed by atoms with Gasteiger partial charge in [0.15, 0.2) is 12.2 Å². The maximum atomic E-state index is 12.9. The summed E-state index contributed by atoms with van der Waals surface area (Å²) in [5.74, 6) is -4.19. The number of esters is 2. The molecule has 1 aliphatic rings. The van der Waals surface area contributed by atoms with Gasteiger partial charge in [0.25, 0.3) is 5.91 Å². The van der Waals surface area contributed by atoms with Crippen molar-refractivity contribution in [2.24, 2.45) is 5.73 Å². The summed E-state index contributed by atoms with van der Waals surface area (Å²) in [6, 6.07) is 4.33. The SMILES string of the molecule is CC(=O)OC1C(NC(=O)[C@H](C)NC(=O)c2ccccc2C(=N)N)CCC(OCC(=O)O)C1OC(C)=O. The average molecular weight is 507 g/mol. The summed E-state index contributed by atoms with van der Waals surface area (Å²) in [5, 5.41) is 21.8. The Bertz CT molecular complexity index is 1030. The molecule has 0 radical (unpaired) electrons. The minimum Gasteiger partial charge on any atom is -0.480 e. The van der Waals surface area contributed by atoms with Gasteiger partial charge >= 0.3 is 17.9 Å². The molecule has 5 atom stereocenters. The smallest absolute Gasteiger partial charge is 0.329 e. The van der Waals surface area contributed by atoms with E-state index >= 15 is 0 Å². The molecule has 6 N–H and O–H groups in total. The lowest BCUT2D eigenvalue weighted by Gasteiger charge is -2.41. The van der Waals surface area contributed by atoms with Crippen LogP contribution in [0.5, 0.6) is 0 Å². The first-order chi connectivity index (χ1) is 16.9. The second-order valence-corrected chi connectivity index (χ2v) is 8.24. The topological polar surface area (TPSA) is 207 Å². The first-order valence-corrected chi connectivity index (χ1v) is 11.1. The van der Waals surface area contributed by atoms with Gasteiger partial charge in [-0.3, -0.25) is 24.6 Å². The van der Waals surface area contributed by atoms with E-state index in [0.29, 0.717) is 0 Å². The van der Waals surface area contributed by atoms with Gasteiger partial charge in [0.05, 0.1) is 17.7 Å². The van der Waals surface area contributed by atoms with E-state index in [2.05, 4.69) is 10.6 Å². The van der Waals surface area contributed by atoms with E-state index in [9.17, 15) is 24.0 Å². The Morgan fingerprint density at radius 3 is 2.19 bits per heavy atom. The Morgan fingerprint density at radius 2 is 1.64 bits per heavy atom. The molecule has 2 amide bonds. The van der Waals surface area contributed by atoms with Crippen LogP contribution in [0.15, 0.2) is 24.3 Å². The van der Waals surface area contributed by atoms with Crippen LogP contribution in [0.4, 0.5) is 0 Å². The number of carboxylic acid groups (broad SMARTS) is 1. The fraction of sp³-hybridized carbons (Fsp3) is 0.478. The van der Waals surface area contributed by atoms with Crippen LogP contribution in [0.2, 0.25) is 0 Å². The molecule has 0 spiro atoms. The Morgan fingerprint density at radius 1 is 1.06 bits per heavy atom. The second kappa shape index (κ2) is 12.6. The summed E-state index contributed by atoms with van der Waals surface area (Å²) in [6.45, 7) is 3.06. The normalized spacial score (nSPS) is 22.0. The number of hydrogen-bond donors (Lipinski definition) is 5. The van der Waals surface area contributed by atoms with Crippen molar-refractivity contribution in [3.05, 3.63) is 35.4 Å². The van der Waals surface area contributed by atoms with E-state index in [0.717, 1.165) is 13.8 Å². The van der Waals surface area contributed by atoms with Crippen molar-refractivity contribution in [3.63, 3.8) is 0 Å². The fourth-order valence-electron chi connectivity index (χ4n) is 3.86. The molecule has 13 heteroatoms. The number of carboxylic acids is 1. The van der Waals surface area contributed by atoms with Crippen LogP contribution in [0.25, 0.3) is 0 Å². The number of ether oxygens (including phenoxy) is 3. The number of hydrogen-bond acceptors (Lipinski definition) is 9. The summed E-state index contributed by atoms with van der Waals surface area (Å²) < 4.78 is 16.0. The number of amides is 2. The van der Waals surface area contributed by atoms with Crippen LogP contribution >= 0.6 is 0 Å². The first kappa shape index (κ1) is 28.2. The molecular weight excluding hydrogens is 476 g/mol. The van der Waals surface area contributed by atoms with Crippen LogP contribution in [-0.2, 0) is 33.4 Å². The Labute approximate surface area is 207 Å². The van der Waals surface area contributed by atoms with Gasteiger partial charge in [-0.25, -0.2) is 4.79 Å². The Balaban J connectivity index is 2.17. The molecule has 1 fully saturated rings. The first-order valence-electron chi connectivity index (χ1n) is 11.1. The number of benzene rings is 1. The summed E-state index contributed by atoms with van der Waals surface area (Å²) in [4.78, 5) is 60.0. The molecular formula is C23H30N4O9. The molecule has 1 saturated carbocycles. The van der Waals surface area contributed by atoms with E-state index in [4.69, 9.17) is 30.5 Å². The third-order valence-electron chi connectivity index (χ3n) is 5.40. The predicted molar refractivity (Wildman–Crippen MR) is 124 cm³/mol. The Kier molecular flexibility index (Phi) is 9.91. The minimum atomic E-state index is -1.23. The third-order valence-corrected chi connectivity index (χ3v) is 5.40. The van der Waals surface area contributed by atoms with Crippen molar-refractivity contribution >= 4 is 35.6 Å². The number of nitrogen functional groups attached to an aromatic ring is 1. The number of aliphatic carboxylic acids is 1. The molecule has 0 heterocycles. The molecule has 0 saturated heterocycles. The van der Waals surface area contributed by atoms with Crippen LogP contribution in [0.1, 0.15) is 49.5 Å². The number of amidine groups is 1. The summed E-state index contributed by atoms with van der Waals surface area (Å²) in [6.07, 6.45) is -2.82. The molecule has 0 bridgehead atoms. The van der Waals surface area contributed by atoms with Gasteiger partial charge in [0.2, 0.25) is 5.91 Å². The highest BCUT2D eigenvalue weighted by atomic mass is 16.6. The second-order valence-electron chi connectivity index (χ2n) is 8.24. The molecule has 13 nitrogen and oxygen atoms in total. The monoisotopic (exact) mass is 506 g/mol. The summed E-state index contributed by atoms with van der Waals surface area (Å²) in [7, 11) is 0. The maximum absolute atomic E-state index is 12.9. The van der Waals surface area contributed by atoms with E-state index < -0.39 is 66.7 Å². The van der Waals surface area contributed by atoms with Gasteiger partial charge in [-0.1, -0.05) is 18.2 Å². The summed E-state index contributed by atoms with van der Waals surface area (Å²) >= 11 is 0. The molecule has 2 rings (SSSR count). The molecule has 1 aromatic carbocycles. The molecule has 1 aliphatic carbocycles. The lowest BCUT2D eigenvalue weighted by Crippen LogP contribution is -2.61. The van der Waals surface area contributed by atoms with Crippen molar-refractivity contribution in [2.45, 2.75) is 64.0 Å². The van der Waals surface area contributed by atoms with Crippen molar-refractivity contribution < 1.29 is 43.3 Å². The highest BCUT2D eigenvalue weighted by Crippen LogP contribution is 2.28. The number of rotatable bonds is 10. The molecule has 4 unspecified atom stereocenters. The van der Waals surface area contributed by atoms with Crippen LogP contribution in [-0.4, -0.2) is 77.7 Å². The molecule has 0 aliphatic heterocycles. The zero-order valence-corrected chi connectivity index (χ0v) is 20.1. The van der Waals surface area contributed by atoms with Crippen LogP contribution in [0.3, 0.4) is 0 Å². The van der Waals surface area contributed by atoms with Crippen LogP contribution in [0, 0.1) is 5.41 Å². The van der Waals surface area contributed by atoms with Gasteiger partial charge in [-0.2, -0.15) is 0 Å². The van der Waals surface area contributed by atoms with Crippen molar-refractivity contribution in [1.29, 1.82) is 5.41 Å². The fourth-order valence-corrected chi connectivity index (χ4v) is 3.86. The highest BCUT2D eigenvalue weighted by Gasteiger charge is 2.45. The van der Waals surface area contributed by atoms with Crippen molar-refractivity contribution in [3.8, 4) is 0 Å². The van der Waals surface area contributed by atoms with Gasteiger partial charge in [0, 0.05) is 19.4 Å². The molecule has 36 heavy (non-hydrogen) atoms. The number of nitrogens with two attached hydrogens (primary N) is 1. The quantitative estimate of drug-likeness (QED) is 0.159. The standard InChI is InChI=1S/C23H30N4O9/c1-11(26-23(33)15-7-5-4-6-14(15)21(24)25)22(32)27-16-8-9-17(34-10-18(30)31)20(36-13(3)29)19(16)35-12(2)28/h4-7,11,16-17,19-20H,8-10H2,1-3H3,(H3,24,25)(H,26,33)(H,27,32)(H,30,31)/t11-,16?,17?,19?,20?/m0/s1. The van der Waals surface area contributed by atoms with Crippen molar-refractivity contribution in [1.82, 2.24) is 10.6 Å². The van der Waals surface area contributed by atoms with E-state index in [1.165, 1.54) is 19.1 Å². The number of carbonyl (C=O) groups excluding carboxylic acids is 4. The largest absolute Gasteiger partial charge is 0.480 e. The lowest BCUT2D eigenvalue weighted by atomic mass is 9.86. The Hall–Kier alpha value is -4.00. The molecule has 1 aromatic rings. The third kappa shape index (κ3) is 7.77. The predicted octanol–water partition coefficient (Wildman–Crippen LogP) is -0.299. The highest BCUT2D eigenvalue weighted by molar-refractivity contribution is 6.08. The van der Waals surface area contributed by atoms with E-state index in [1.807, 2.05) is 0 Å². The molecule has 196 valence electrons. The van der Waals surface area contributed by atoms with E-state index in [-0.39, 0.29) is 29.8 Å². The minimum absolute atomic E-state index is 0.119. The van der Waals surface area contributed by atoms with Gasteiger partial charge in [-0.05, 0) is 25.8 Å². The average Bonchev–Trinajstić information content (AvgIpc) is 2.79. The maximum Gasteiger partial charge on any atom is 0.329 e. The van der Waals surface area contributed by atoms with Gasteiger partial charge in [-0.15, -0.1) is 0 Å². The summed E-state index contributed by atoms with van der Waals surface area (Å²) in [5.41, 5.74) is 5.85. The van der Waals surface area contributed by atoms with Crippen LogP contribution < -0.4 is 16.4 Å². The van der Waals surface area contributed by atoms with Gasteiger partial charge < -0.3 is 35.7 Å². The zero-order chi connectivity index (χ0) is 27.0. The van der Waals surface area contributed by atoms with Gasteiger partial charge in [0.1, 0.15) is 18.5 Å².